The molecule has 0 aliphatic rings. The predicted octanol–water partition coefficient (Wildman–Crippen LogP) is 4.74. The highest BCUT2D eigenvalue weighted by atomic mass is 79.9. The molecular formula is C13H7Br2F2NO. The van der Waals surface area contributed by atoms with E-state index in [2.05, 4.69) is 37.2 Å². The average Bonchev–Trinajstić information content (AvgIpc) is 2.36. The molecule has 0 unspecified atom stereocenters. The Hall–Kier alpha value is -1.27. The fourth-order valence-electron chi connectivity index (χ4n) is 1.44. The Morgan fingerprint density at radius 3 is 2.42 bits per heavy atom. The summed E-state index contributed by atoms with van der Waals surface area (Å²) in [5.74, 6) is -2.38. The zero-order valence-corrected chi connectivity index (χ0v) is 12.6. The van der Waals surface area contributed by atoms with Crippen LogP contribution in [0.15, 0.2) is 45.3 Å². The molecule has 6 heteroatoms. The van der Waals surface area contributed by atoms with Gasteiger partial charge in [0.1, 0.15) is 0 Å². The van der Waals surface area contributed by atoms with Crippen LogP contribution in [0.1, 0.15) is 10.4 Å². The minimum Gasteiger partial charge on any atom is -0.322 e. The Labute approximate surface area is 125 Å². The molecule has 0 saturated heterocycles. The van der Waals surface area contributed by atoms with Gasteiger partial charge in [-0.3, -0.25) is 4.79 Å². The number of carbonyl (C=O) groups is 1. The summed E-state index contributed by atoms with van der Waals surface area (Å²) in [6.45, 7) is 0. The summed E-state index contributed by atoms with van der Waals surface area (Å²) in [4.78, 5) is 12.0. The second kappa shape index (κ2) is 5.79. The number of benzene rings is 2. The maximum atomic E-state index is 13.0. The molecule has 1 N–H and O–H groups in total. The van der Waals surface area contributed by atoms with Crippen LogP contribution >= 0.6 is 31.9 Å². The number of carbonyl (C=O) groups excluding carboxylic acids is 1. The number of hydrogen-bond donors (Lipinski definition) is 1. The van der Waals surface area contributed by atoms with Gasteiger partial charge in [0.2, 0.25) is 0 Å². The first-order valence-electron chi connectivity index (χ1n) is 5.19. The van der Waals surface area contributed by atoms with Gasteiger partial charge in [-0.05, 0) is 46.3 Å². The van der Waals surface area contributed by atoms with Crippen LogP contribution in [0.25, 0.3) is 0 Å². The van der Waals surface area contributed by atoms with Gasteiger partial charge in [0.25, 0.3) is 5.91 Å². The number of hydrogen-bond acceptors (Lipinski definition) is 1. The molecule has 2 nitrogen and oxygen atoms in total. The Kier molecular flexibility index (Phi) is 4.31. The molecule has 0 fully saturated rings. The molecule has 2 aromatic carbocycles. The summed E-state index contributed by atoms with van der Waals surface area (Å²) in [5, 5.41) is 2.50. The lowest BCUT2D eigenvalue weighted by Gasteiger charge is -2.07. The van der Waals surface area contributed by atoms with E-state index in [9.17, 15) is 13.6 Å². The van der Waals surface area contributed by atoms with Gasteiger partial charge in [0.05, 0.1) is 5.56 Å². The first-order chi connectivity index (χ1) is 8.97. The lowest BCUT2D eigenvalue weighted by atomic mass is 10.2. The minimum atomic E-state index is -1.01. The summed E-state index contributed by atoms with van der Waals surface area (Å²) in [6, 6.07) is 8.30. The van der Waals surface area contributed by atoms with Crippen LogP contribution in [0, 0.1) is 11.6 Å². The molecule has 0 aromatic heterocycles. The third kappa shape index (κ3) is 3.39. The molecule has 0 aliphatic carbocycles. The molecule has 0 heterocycles. The summed E-state index contributed by atoms with van der Waals surface area (Å²) >= 11 is 6.52. The van der Waals surface area contributed by atoms with E-state index in [0.29, 0.717) is 10.0 Å². The van der Waals surface area contributed by atoms with Crippen LogP contribution in [0.4, 0.5) is 14.5 Å². The van der Waals surface area contributed by atoms with Gasteiger partial charge in [-0.15, -0.1) is 0 Å². The summed E-state index contributed by atoms with van der Waals surface area (Å²) in [7, 11) is 0. The number of nitrogens with one attached hydrogen (secondary N) is 1. The van der Waals surface area contributed by atoms with Crippen molar-refractivity contribution < 1.29 is 13.6 Å². The first-order valence-corrected chi connectivity index (χ1v) is 6.77. The van der Waals surface area contributed by atoms with Gasteiger partial charge in [-0.25, -0.2) is 8.78 Å². The number of anilines is 1. The zero-order valence-electron chi connectivity index (χ0n) is 9.38. The minimum absolute atomic E-state index is 0.191. The lowest BCUT2D eigenvalue weighted by Crippen LogP contribution is -2.12. The van der Waals surface area contributed by atoms with E-state index in [0.717, 1.165) is 16.6 Å². The number of rotatable bonds is 2. The number of halogens is 4. The van der Waals surface area contributed by atoms with Crippen molar-refractivity contribution in [1.29, 1.82) is 0 Å². The zero-order chi connectivity index (χ0) is 14.0. The number of amides is 1. The summed E-state index contributed by atoms with van der Waals surface area (Å²) in [6.07, 6.45) is 0. The molecule has 0 saturated carbocycles. The van der Waals surface area contributed by atoms with E-state index in [1.807, 2.05) is 0 Å². The molecule has 0 radical (unpaired) electrons. The molecule has 0 atom stereocenters. The molecule has 98 valence electrons. The van der Waals surface area contributed by atoms with Gasteiger partial charge in [0.15, 0.2) is 11.6 Å². The Bertz CT molecular complexity index is 647. The first kappa shape index (κ1) is 14.1. The van der Waals surface area contributed by atoms with E-state index >= 15 is 0 Å². The van der Waals surface area contributed by atoms with Crippen LogP contribution in [0.2, 0.25) is 0 Å². The van der Waals surface area contributed by atoms with Gasteiger partial charge in [0, 0.05) is 20.7 Å². The van der Waals surface area contributed by atoms with Crippen molar-refractivity contribution in [2.45, 2.75) is 0 Å². The van der Waals surface area contributed by atoms with Crippen LogP contribution in [-0.4, -0.2) is 5.91 Å². The Morgan fingerprint density at radius 2 is 1.74 bits per heavy atom. The second-order valence-electron chi connectivity index (χ2n) is 3.71. The maximum absolute atomic E-state index is 13.0. The molecule has 2 aromatic rings. The molecule has 19 heavy (non-hydrogen) atoms. The quantitative estimate of drug-likeness (QED) is 0.788. The Morgan fingerprint density at radius 1 is 1.00 bits per heavy atom. The van der Waals surface area contributed by atoms with Crippen molar-refractivity contribution in [3.63, 3.8) is 0 Å². The summed E-state index contributed by atoms with van der Waals surface area (Å²) in [5.41, 5.74) is 0.579. The highest BCUT2D eigenvalue weighted by molar-refractivity contribution is 9.11. The normalized spacial score (nSPS) is 10.3. The second-order valence-corrected chi connectivity index (χ2v) is 5.48. The lowest BCUT2D eigenvalue weighted by molar-refractivity contribution is 0.102. The third-order valence-electron chi connectivity index (χ3n) is 2.35. The molecule has 0 aliphatic heterocycles. The van der Waals surface area contributed by atoms with E-state index in [4.69, 9.17) is 0 Å². The molecule has 2 rings (SSSR count). The average molecular weight is 391 g/mol. The third-order valence-corrected chi connectivity index (χ3v) is 3.54. The van der Waals surface area contributed by atoms with Crippen LogP contribution < -0.4 is 5.32 Å². The topological polar surface area (TPSA) is 29.1 Å². The standard InChI is InChI=1S/C13H7Br2F2NO/c14-7-1-3-10(15)9(5-7)13(19)18-8-2-4-11(16)12(17)6-8/h1-6H,(H,18,19). The van der Waals surface area contributed by atoms with Crippen LogP contribution in [0.3, 0.4) is 0 Å². The van der Waals surface area contributed by atoms with E-state index in [1.165, 1.54) is 6.07 Å². The van der Waals surface area contributed by atoms with E-state index < -0.39 is 17.5 Å². The van der Waals surface area contributed by atoms with Gasteiger partial charge < -0.3 is 5.32 Å². The van der Waals surface area contributed by atoms with Crippen molar-refractivity contribution in [3.8, 4) is 0 Å². The van der Waals surface area contributed by atoms with Crippen LogP contribution in [-0.2, 0) is 0 Å². The fraction of sp³-hybridized carbons (Fsp3) is 0. The van der Waals surface area contributed by atoms with Gasteiger partial charge >= 0.3 is 0 Å². The van der Waals surface area contributed by atoms with Crippen LogP contribution in [0.5, 0.6) is 0 Å². The fourth-order valence-corrected chi connectivity index (χ4v) is 2.23. The monoisotopic (exact) mass is 389 g/mol. The summed E-state index contributed by atoms with van der Waals surface area (Å²) < 4.78 is 27.2. The largest absolute Gasteiger partial charge is 0.322 e. The maximum Gasteiger partial charge on any atom is 0.256 e. The highest BCUT2D eigenvalue weighted by Crippen LogP contribution is 2.23. The SMILES string of the molecule is O=C(Nc1ccc(F)c(F)c1)c1cc(Br)ccc1Br. The van der Waals surface area contributed by atoms with Crippen molar-refractivity contribution in [2.24, 2.45) is 0 Å². The van der Waals surface area contributed by atoms with Gasteiger partial charge in [-0.2, -0.15) is 0 Å². The Balaban J connectivity index is 2.25. The van der Waals surface area contributed by atoms with E-state index in [1.54, 1.807) is 18.2 Å². The molecule has 1 amide bonds. The highest BCUT2D eigenvalue weighted by Gasteiger charge is 2.12. The molecular weight excluding hydrogens is 384 g/mol. The predicted molar refractivity (Wildman–Crippen MR) is 76.2 cm³/mol. The smallest absolute Gasteiger partial charge is 0.256 e. The molecule has 0 bridgehead atoms. The van der Waals surface area contributed by atoms with Crippen molar-refractivity contribution in [1.82, 2.24) is 0 Å². The van der Waals surface area contributed by atoms with Crippen molar-refractivity contribution >= 4 is 43.5 Å². The van der Waals surface area contributed by atoms with E-state index in [-0.39, 0.29) is 5.69 Å². The van der Waals surface area contributed by atoms with Crippen molar-refractivity contribution in [2.75, 3.05) is 5.32 Å². The van der Waals surface area contributed by atoms with Crippen molar-refractivity contribution in [3.05, 3.63) is 62.5 Å². The molecule has 0 spiro atoms. The van der Waals surface area contributed by atoms with Gasteiger partial charge in [-0.1, -0.05) is 15.9 Å².